The van der Waals surface area contributed by atoms with Gasteiger partial charge in [0.15, 0.2) is 0 Å². The number of amides is 2. The number of piperidine rings is 1. The lowest BCUT2D eigenvalue weighted by Crippen LogP contribution is -2.52. The highest BCUT2D eigenvalue weighted by atomic mass is 19.1. The van der Waals surface area contributed by atoms with E-state index in [1.54, 1.807) is 4.90 Å². The van der Waals surface area contributed by atoms with Gasteiger partial charge in [0.25, 0.3) is 0 Å². The van der Waals surface area contributed by atoms with Gasteiger partial charge < -0.3 is 14.5 Å². The van der Waals surface area contributed by atoms with E-state index in [9.17, 15) is 18.4 Å². The number of morpholine rings is 1. The number of nitrogens with zero attached hydrogens (tertiary/aromatic N) is 3. The van der Waals surface area contributed by atoms with Crippen molar-refractivity contribution in [1.82, 2.24) is 14.7 Å². The Morgan fingerprint density at radius 3 is 2.67 bits per heavy atom. The lowest BCUT2D eigenvalue weighted by atomic mass is 9.96. The number of ether oxygens (including phenoxy) is 1. The maximum Gasteiger partial charge on any atom is 0.240 e. The van der Waals surface area contributed by atoms with E-state index in [-0.39, 0.29) is 36.2 Å². The van der Waals surface area contributed by atoms with Crippen molar-refractivity contribution in [1.29, 1.82) is 0 Å². The van der Waals surface area contributed by atoms with Crippen LogP contribution in [-0.2, 0) is 20.9 Å². The molecule has 3 atom stereocenters. The van der Waals surface area contributed by atoms with Gasteiger partial charge in [-0.15, -0.1) is 0 Å². The van der Waals surface area contributed by atoms with Crippen molar-refractivity contribution in [2.24, 2.45) is 11.8 Å². The van der Waals surface area contributed by atoms with Gasteiger partial charge in [-0.2, -0.15) is 0 Å². The molecule has 1 aromatic carbocycles. The SMILES string of the molecule is C[C@@H]1CN(C2CCCN(Cc3ccc(F)cc3F)C2=O)C[C@H]1C(=O)N1CCOCC1. The molecule has 30 heavy (non-hydrogen) atoms. The number of likely N-dealkylation sites (tertiary alicyclic amines) is 2. The zero-order valence-electron chi connectivity index (χ0n) is 17.4. The van der Waals surface area contributed by atoms with Gasteiger partial charge >= 0.3 is 0 Å². The summed E-state index contributed by atoms with van der Waals surface area (Å²) in [5, 5.41) is 0. The van der Waals surface area contributed by atoms with Gasteiger partial charge in [0, 0.05) is 50.9 Å². The molecule has 0 N–H and O–H groups in total. The summed E-state index contributed by atoms with van der Waals surface area (Å²) in [5.41, 5.74) is 0.320. The van der Waals surface area contributed by atoms with Crippen LogP contribution in [0.5, 0.6) is 0 Å². The third-order valence-electron chi connectivity index (χ3n) is 6.60. The summed E-state index contributed by atoms with van der Waals surface area (Å²) >= 11 is 0. The van der Waals surface area contributed by atoms with E-state index in [1.807, 2.05) is 4.90 Å². The fourth-order valence-electron chi connectivity index (χ4n) is 4.87. The molecule has 4 rings (SSSR count). The number of carbonyl (C=O) groups excluding carboxylic acids is 2. The molecular weight excluding hydrogens is 392 g/mol. The van der Waals surface area contributed by atoms with Crippen LogP contribution in [0.4, 0.5) is 8.78 Å². The summed E-state index contributed by atoms with van der Waals surface area (Å²) in [6, 6.07) is 3.18. The van der Waals surface area contributed by atoms with Gasteiger partial charge in [-0.1, -0.05) is 13.0 Å². The highest BCUT2D eigenvalue weighted by Crippen LogP contribution is 2.30. The van der Waals surface area contributed by atoms with Crippen molar-refractivity contribution in [2.45, 2.75) is 32.4 Å². The quantitative estimate of drug-likeness (QED) is 0.745. The van der Waals surface area contributed by atoms with E-state index >= 15 is 0 Å². The fraction of sp³-hybridized carbons (Fsp3) is 0.636. The third-order valence-corrected chi connectivity index (χ3v) is 6.60. The van der Waals surface area contributed by atoms with Crippen LogP contribution in [0, 0.1) is 23.5 Å². The highest BCUT2D eigenvalue weighted by molar-refractivity contribution is 5.83. The number of carbonyl (C=O) groups is 2. The second-order valence-corrected chi connectivity index (χ2v) is 8.63. The summed E-state index contributed by atoms with van der Waals surface area (Å²) in [5.74, 6) is -1.06. The van der Waals surface area contributed by atoms with Crippen molar-refractivity contribution in [3.8, 4) is 0 Å². The smallest absolute Gasteiger partial charge is 0.240 e. The predicted molar refractivity (Wildman–Crippen MR) is 106 cm³/mol. The predicted octanol–water partition coefficient (Wildman–Crippen LogP) is 1.88. The van der Waals surface area contributed by atoms with Gasteiger partial charge in [0.1, 0.15) is 11.6 Å². The summed E-state index contributed by atoms with van der Waals surface area (Å²) < 4.78 is 32.6. The van der Waals surface area contributed by atoms with Crippen LogP contribution in [0.25, 0.3) is 0 Å². The Kier molecular flexibility index (Phi) is 6.34. The second-order valence-electron chi connectivity index (χ2n) is 8.63. The Morgan fingerprint density at radius 2 is 1.93 bits per heavy atom. The Bertz CT molecular complexity index is 800. The van der Waals surface area contributed by atoms with E-state index in [4.69, 9.17) is 4.74 Å². The van der Waals surface area contributed by atoms with Gasteiger partial charge in [0.05, 0.1) is 25.2 Å². The van der Waals surface area contributed by atoms with Crippen LogP contribution in [0.1, 0.15) is 25.3 Å². The van der Waals surface area contributed by atoms with Crippen molar-refractivity contribution in [3.05, 3.63) is 35.4 Å². The number of hydrogen-bond donors (Lipinski definition) is 0. The first kappa shape index (κ1) is 21.2. The molecule has 3 aliphatic heterocycles. The molecule has 8 heteroatoms. The molecule has 0 aliphatic carbocycles. The van der Waals surface area contributed by atoms with Crippen molar-refractivity contribution >= 4 is 11.8 Å². The van der Waals surface area contributed by atoms with Gasteiger partial charge in [-0.25, -0.2) is 8.78 Å². The summed E-state index contributed by atoms with van der Waals surface area (Å²) in [6.45, 7) is 6.46. The Morgan fingerprint density at radius 1 is 1.17 bits per heavy atom. The number of rotatable bonds is 4. The second kappa shape index (κ2) is 8.98. The minimum Gasteiger partial charge on any atom is -0.378 e. The van der Waals surface area contributed by atoms with Gasteiger partial charge in [-0.3, -0.25) is 14.5 Å². The minimum absolute atomic E-state index is 0.0309. The van der Waals surface area contributed by atoms with Crippen LogP contribution in [-0.4, -0.2) is 78.5 Å². The molecule has 3 saturated heterocycles. The standard InChI is InChI=1S/C22H29F2N3O3/c1-15-12-27(14-18(15)21(28)25-7-9-30-10-8-25)20-3-2-6-26(22(20)29)13-16-4-5-17(23)11-19(16)24/h4-5,11,15,18,20H,2-3,6-10,12-14H2,1H3/t15-,18-,20?/m1/s1. The first-order chi connectivity index (χ1) is 14.4. The monoisotopic (exact) mass is 421 g/mol. The van der Waals surface area contributed by atoms with Crippen LogP contribution < -0.4 is 0 Å². The highest BCUT2D eigenvalue weighted by Gasteiger charge is 2.43. The molecule has 1 unspecified atom stereocenters. The normalized spacial score (nSPS) is 28.2. The number of halogens is 2. The number of hydrogen-bond acceptors (Lipinski definition) is 4. The number of benzene rings is 1. The van der Waals surface area contributed by atoms with Crippen LogP contribution >= 0.6 is 0 Å². The maximum absolute atomic E-state index is 14.1. The van der Waals surface area contributed by atoms with Crippen LogP contribution in [0.3, 0.4) is 0 Å². The van der Waals surface area contributed by atoms with E-state index in [0.717, 1.165) is 18.9 Å². The Hall–Kier alpha value is -2.06. The topological polar surface area (TPSA) is 53.1 Å². The van der Waals surface area contributed by atoms with Crippen molar-refractivity contribution < 1.29 is 23.1 Å². The van der Waals surface area contributed by atoms with Crippen LogP contribution in [0.2, 0.25) is 0 Å². The van der Waals surface area contributed by atoms with E-state index in [2.05, 4.69) is 11.8 Å². The minimum atomic E-state index is -0.629. The molecule has 1 aromatic rings. The molecule has 0 bridgehead atoms. The molecule has 3 fully saturated rings. The third kappa shape index (κ3) is 4.34. The average Bonchev–Trinajstić information content (AvgIpc) is 3.13. The molecule has 6 nitrogen and oxygen atoms in total. The molecule has 3 heterocycles. The van der Waals surface area contributed by atoms with Gasteiger partial charge in [-0.05, 0) is 24.8 Å². The molecule has 0 radical (unpaired) electrons. The molecule has 2 amide bonds. The summed E-state index contributed by atoms with van der Waals surface area (Å²) in [4.78, 5) is 31.8. The van der Waals surface area contributed by atoms with Crippen LogP contribution in [0.15, 0.2) is 18.2 Å². The molecule has 164 valence electrons. The first-order valence-corrected chi connectivity index (χ1v) is 10.8. The van der Waals surface area contributed by atoms with Crippen molar-refractivity contribution in [2.75, 3.05) is 45.9 Å². The molecule has 3 aliphatic rings. The lowest BCUT2D eigenvalue weighted by Gasteiger charge is -2.37. The largest absolute Gasteiger partial charge is 0.378 e. The van der Waals surface area contributed by atoms with E-state index < -0.39 is 11.6 Å². The van der Waals surface area contributed by atoms with E-state index in [1.165, 1.54) is 12.1 Å². The zero-order valence-corrected chi connectivity index (χ0v) is 17.4. The van der Waals surface area contributed by atoms with Gasteiger partial charge in [0.2, 0.25) is 11.8 Å². The maximum atomic E-state index is 14.1. The molecule has 0 spiro atoms. The Labute approximate surface area is 175 Å². The first-order valence-electron chi connectivity index (χ1n) is 10.8. The fourth-order valence-corrected chi connectivity index (χ4v) is 4.87. The molecule has 0 saturated carbocycles. The molecule has 0 aromatic heterocycles. The lowest BCUT2D eigenvalue weighted by molar-refractivity contribution is -0.142. The molecular formula is C22H29F2N3O3. The zero-order chi connectivity index (χ0) is 21.3. The Balaban J connectivity index is 1.41. The van der Waals surface area contributed by atoms with Crippen molar-refractivity contribution in [3.63, 3.8) is 0 Å². The summed E-state index contributed by atoms with van der Waals surface area (Å²) in [6.07, 6.45) is 1.57. The summed E-state index contributed by atoms with van der Waals surface area (Å²) in [7, 11) is 0. The average molecular weight is 421 g/mol. The van der Waals surface area contributed by atoms with E-state index in [0.29, 0.717) is 51.5 Å².